The van der Waals surface area contributed by atoms with Gasteiger partial charge in [-0.05, 0) is 24.3 Å². The van der Waals surface area contributed by atoms with Crippen molar-refractivity contribution in [1.29, 1.82) is 0 Å². The Labute approximate surface area is 143 Å². The number of thioether (sulfide) groups is 1. The Morgan fingerprint density at radius 2 is 1.70 bits per heavy atom. The predicted octanol–water partition coefficient (Wildman–Crippen LogP) is 3.77. The van der Waals surface area contributed by atoms with Crippen LogP contribution in [0.1, 0.15) is 0 Å². The quantitative estimate of drug-likeness (QED) is 0.320. The Hall–Kier alpha value is -1.57. The van der Waals surface area contributed by atoms with Crippen molar-refractivity contribution in [3.05, 3.63) is 64.7 Å². The number of sulfone groups is 1. The second-order valence-corrected chi connectivity index (χ2v) is 8.50. The SMILES string of the molecule is O=[N+]([O-])c1ccc(SC[C@H](Cl)CS(=O)(=O)c2ccccc2)cc1. The molecule has 0 aromatic heterocycles. The molecule has 0 fully saturated rings. The van der Waals surface area contributed by atoms with Crippen molar-refractivity contribution in [2.24, 2.45) is 0 Å². The number of nitro benzene ring substituents is 1. The van der Waals surface area contributed by atoms with Gasteiger partial charge in [0.15, 0.2) is 9.84 Å². The molecule has 0 unspecified atom stereocenters. The van der Waals surface area contributed by atoms with Crippen LogP contribution in [0.4, 0.5) is 5.69 Å². The molecule has 0 bridgehead atoms. The molecule has 2 aromatic carbocycles. The lowest BCUT2D eigenvalue weighted by atomic mass is 10.3. The molecule has 0 N–H and O–H groups in total. The van der Waals surface area contributed by atoms with Crippen molar-refractivity contribution >= 4 is 38.9 Å². The number of non-ortho nitro benzene ring substituents is 1. The van der Waals surface area contributed by atoms with Gasteiger partial charge in [0, 0.05) is 22.8 Å². The van der Waals surface area contributed by atoms with Crippen LogP contribution in [0.5, 0.6) is 0 Å². The zero-order valence-electron chi connectivity index (χ0n) is 12.0. The van der Waals surface area contributed by atoms with E-state index in [-0.39, 0.29) is 16.3 Å². The van der Waals surface area contributed by atoms with Gasteiger partial charge in [-0.3, -0.25) is 10.1 Å². The van der Waals surface area contributed by atoms with Crippen LogP contribution in [0.2, 0.25) is 0 Å². The summed E-state index contributed by atoms with van der Waals surface area (Å²) < 4.78 is 24.4. The minimum absolute atomic E-state index is 0.0171. The molecule has 1 atom stereocenters. The molecule has 122 valence electrons. The highest BCUT2D eigenvalue weighted by molar-refractivity contribution is 7.99. The zero-order valence-corrected chi connectivity index (χ0v) is 14.4. The maximum atomic E-state index is 12.2. The molecule has 0 saturated carbocycles. The third-order valence-electron chi connectivity index (χ3n) is 2.98. The van der Waals surface area contributed by atoms with E-state index in [0.29, 0.717) is 5.75 Å². The van der Waals surface area contributed by atoms with E-state index in [1.54, 1.807) is 42.5 Å². The van der Waals surface area contributed by atoms with E-state index in [0.717, 1.165) is 4.90 Å². The Morgan fingerprint density at radius 1 is 1.09 bits per heavy atom. The second kappa shape index (κ2) is 7.81. The summed E-state index contributed by atoms with van der Waals surface area (Å²) in [5, 5.41) is 10.0. The molecule has 0 spiro atoms. The van der Waals surface area contributed by atoms with Crippen molar-refractivity contribution < 1.29 is 13.3 Å². The summed E-state index contributed by atoms with van der Waals surface area (Å²) in [6, 6.07) is 14.2. The molecule has 0 aliphatic rings. The summed E-state index contributed by atoms with van der Waals surface area (Å²) in [6.07, 6.45) is 0. The third-order valence-corrected chi connectivity index (χ3v) is 6.66. The molecule has 0 saturated heterocycles. The van der Waals surface area contributed by atoms with Gasteiger partial charge in [-0.1, -0.05) is 18.2 Å². The van der Waals surface area contributed by atoms with Crippen LogP contribution in [0, 0.1) is 10.1 Å². The molecule has 5 nitrogen and oxygen atoms in total. The van der Waals surface area contributed by atoms with E-state index >= 15 is 0 Å². The molecule has 8 heteroatoms. The highest BCUT2D eigenvalue weighted by Crippen LogP contribution is 2.24. The fraction of sp³-hybridized carbons (Fsp3) is 0.200. The van der Waals surface area contributed by atoms with Crippen molar-refractivity contribution in [3.8, 4) is 0 Å². The van der Waals surface area contributed by atoms with Crippen molar-refractivity contribution in [2.75, 3.05) is 11.5 Å². The van der Waals surface area contributed by atoms with E-state index in [9.17, 15) is 18.5 Å². The molecular weight excluding hydrogens is 358 g/mol. The summed E-state index contributed by atoms with van der Waals surface area (Å²) in [5.74, 6) is 0.240. The summed E-state index contributed by atoms with van der Waals surface area (Å²) in [5.41, 5.74) is 0.0171. The van der Waals surface area contributed by atoms with Crippen LogP contribution in [0.3, 0.4) is 0 Å². The number of alkyl halides is 1. The smallest absolute Gasteiger partial charge is 0.258 e. The normalized spacial score (nSPS) is 12.7. The Bertz CT molecular complexity index is 764. The van der Waals surface area contributed by atoms with Gasteiger partial charge in [0.05, 0.1) is 20.9 Å². The van der Waals surface area contributed by atoms with Gasteiger partial charge < -0.3 is 0 Å². The average Bonchev–Trinajstić information content (AvgIpc) is 2.54. The Kier molecular flexibility index (Phi) is 6.04. The van der Waals surface area contributed by atoms with E-state index < -0.39 is 20.1 Å². The van der Waals surface area contributed by atoms with Crippen molar-refractivity contribution in [3.63, 3.8) is 0 Å². The lowest BCUT2D eigenvalue weighted by Crippen LogP contribution is -2.18. The number of benzene rings is 2. The second-order valence-electron chi connectivity index (χ2n) is 4.75. The number of nitrogens with zero attached hydrogens (tertiary/aromatic N) is 1. The molecule has 2 aromatic rings. The zero-order chi connectivity index (χ0) is 16.9. The first-order valence-corrected chi connectivity index (χ1v) is 9.75. The highest BCUT2D eigenvalue weighted by atomic mass is 35.5. The molecule has 23 heavy (non-hydrogen) atoms. The van der Waals surface area contributed by atoms with E-state index in [1.165, 1.54) is 23.9 Å². The van der Waals surface area contributed by atoms with E-state index in [1.807, 2.05) is 0 Å². The maximum Gasteiger partial charge on any atom is 0.269 e. The van der Waals surface area contributed by atoms with E-state index in [2.05, 4.69) is 0 Å². The largest absolute Gasteiger partial charge is 0.269 e. The maximum absolute atomic E-state index is 12.2. The molecule has 0 amide bonds. The third kappa shape index (κ3) is 5.23. The summed E-state index contributed by atoms with van der Waals surface area (Å²) in [7, 11) is -3.42. The summed E-state index contributed by atoms with van der Waals surface area (Å²) in [6.45, 7) is 0. The summed E-state index contributed by atoms with van der Waals surface area (Å²) >= 11 is 7.50. The fourth-order valence-electron chi connectivity index (χ4n) is 1.86. The van der Waals surface area contributed by atoms with Crippen LogP contribution >= 0.6 is 23.4 Å². The van der Waals surface area contributed by atoms with Crippen LogP contribution in [-0.4, -0.2) is 30.2 Å². The molecule has 0 heterocycles. The number of rotatable bonds is 7. The predicted molar refractivity (Wildman–Crippen MR) is 92.0 cm³/mol. The minimum atomic E-state index is -3.42. The van der Waals surface area contributed by atoms with E-state index in [4.69, 9.17) is 11.6 Å². The topological polar surface area (TPSA) is 77.3 Å². The van der Waals surface area contributed by atoms with Gasteiger partial charge in [0.25, 0.3) is 5.69 Å². The number of hydrogen-bond acceptors (Lipinski definition) is 5. The van der Waals surface area contributed by atoms with Crippen molar-refractivity contribution in [1.82, 2.24) is 0 Å². The fourth-order valence-corrected chi connectivity index (χ4v) is 4.87. The van der Waals surface area contributed by atoms with Crippen molar-refractivity contribution in [2.45, 2.75) is 15.2 Å². The molecule has 2 rings (SSSR count). The first-order valence-electron chi connectivity index (χ1n) is 6.67. The molecule has 0 aliphatic heterocycles. The monoisotopic (exact) mass is 371 g/mol. The van der Waals surface area contributed by atoms with Crippen LogP contribution in [0.25, 0.3) is 0 Å². The lowest BCUT2D eigenvalue weighted by Gasteiger charge is -2.10. The van der Waals surface area contributed by atoms with Gasteiger partial charge in [-0.15, -0.1) is 23.4 Å². The number of nitro groups is 1. The lowest BCUT2D eigenvalue weighted by molar-refractivity contribution is -0.384. The Morgan fingerprint density at radius 3 is 2.26 bits per heavy atom. The summed E-state index contributed by atoms with van der Waals surface area (Å²) in [4.78, 5) is 11.2. The average molecular weight is 372 g/mol. The molecule has 0 aliphatic carbocycles. The molecule has 0 radical (unpaired) electrons. The first kappa shape index (κ1) is 17.8. The van der Waals surface area contributed by atoms with Crippen LogP contribution < -0.4 is 0 Å². The standard InChI is InChI=1S/C15H14ClNO4S2/c16-12(11-23(20,21)15-4-2-1-3-5-15)10-22-14-8-6-13(7-9-14)17(18)19/h1-9,12H,10-11H2/t12-/m0/s1. The Balaban J connectivity index is 1.92. The van der Waals surface area contributed by atoms with Crippen LogP contribution in [0.15, 0.2) is 64.4 Å². The van der Waals surface area contributed by atoms with Gasteiger partial charge in [-0.25, -0.2) is 8.42 Å². The van der Waals surface area contributed by atoms with Gasteiger partial charge in [0.2, 0.25) is 0 Å². The molecular formula is C15H14ClNO4S2. The van der Waals surface area contributed by atoms with Gasteiger partial charge in [0.1, 0.15) is 0 Å². The number of hydrogen-bond donors (Lipinski definition) is 0. The van der Waals surface area contributed by atoms with Gasteiger partial charge in [-0.2, -0.15) is 0 Å². The first-order chi connectivity index (χ1) is 10.9. The minimum Gasteiger partial charge on any atom is -0.258 e. The number of halogens is 1. The van der Waals surface area contributed by atoms with Crippen LogP contribution in [-0.2, 0) is 9.84 Å². The highest BCUT2D eigenvalue weighted by Gasteiger charge is 2.19. The van der Waals surface area contributed by atoms with Gasteiger partial charge >= 0.3 is 0 Å².